The molecular formula is C21H30N2O2S. The smallest absolute Gasteiger partial charge is 0.159 e. The quantitative estimate of drug-likeness (QED) is 0.593. The van der Waals surface area contributed by atoms with Gasteiger partial charge in [-0.2, -0.15) is 0 Å². The molecule has 2 rings (SSSR count). The van der Waals surface area contributed by atoms with Crippen molar-refractivity contribution in [2.75, 3.05) is 12.3 Å². The summed E-state index contributed by atoms with van der Waals surface area (Å²) in [5.74, 6) is 2.84. The molecule has 1 aromatic carbocycles. The highest BCUT2D eigenvalue weighted by molar-refractivity contribution is 7.99. The molecule has 0 radical (unpaired) electrons. The number of benzene rings is 1. The van der Waals surface area contributed by atoms with E-state index in [1.165, 1.54) is 0 Å². The normalized spacial score (nSPS) is 13.7. The predicted octanol–water partition coefficient (Wildman–Crippen LogP) is 3.66. The van der Waals surface area contributed by atoms with Crippen LogP contribution in [0.25, 0.3) is 0 Å². The van der Waals surface area contributed by atoms with E-state index in [1.807, 2.05) is 30.3 Å². The number of thioether (sulfide) groups is 1. The zero-order valence-corrected chi connectivity index (χ0v) is 16.5. The average Bonchev–Trinajstić information content (AvgIpc) is 3.12. The van der Waals surface area contributed by atoms with Crippen LogP contribution in [-0.2, 0) is 17.0 Å². The van der Waals surface area contributed by atoms with E-state index >= 15 is 0 Å². The summed E-state index contributed by atoms with van der Waals surface area (Å²) in [4.78, 5) is 12.8. The number of furan rings is 1. The standard InChI is InChI=1S/C21H30N2O2S/c1-16(2)11-18(22)13-23-20(12-17-7-4-3-5-8-17)21(24)15-26-14-19-9-6-10-25-19/h3-10,16,18,20,23H,11-15,22H2,1-2H3. The fourth-order valence-electron chi connectivity index (χ4n) is 2.88. The van der Waals surface area contributed by atoms with Gasteiger partial charge in [-0.25, -0.2) is 0 Å². The summed E-state index contributed by atoms with van der Waals surface area (Å²) in [6.07, 6.45) is 3.30. The zero-order valence-electron chi connectivity index (χ0n) is 15.7. The van der Waals surface area contributed by atoms with Crippen LogP contribution < -0.4 is 11.1 Å². The van der Waals surface area contributed by atoms with Gasteiger partial charge in [-0.15, -0.1) is 11.8 Å². The second-order valence-corrected chi connectivity index (χ2v) is 8.06. The molecule has 142 valence electrons. The molecule has 0 saturated carbocycles. The van der Waals surface area contributed by atoms with Crippen molar-refractivity contribution in [1.82, 2.24) is 5.32 Å². The number of nitrogens with one attached hydrogen (secondary N) is 1. The Morgan fingerprint density at radius 3 is 2.62 bits per heavy atom. The number of ketones is 1. The molecule has 0 saturated heterocycles. The molecule has 0 aliphatic carbocycles. The fourth-order valence-corrected chi connectivity index (χ4v) is 3.75. The van der Waals surface area contributed by atoms with Gasteiger partial charge in [0.1, 0.15) is 5.76 Å². The second-order valence-electron chi connectivity index (χ2n) is 7.08. The van der Waals surface area contributed by atoms with E-state index in [4.69, 9.17) is 10.2 Å². The van der Waals surface area contributed by atoms with Crippen LogP contribution in [0.5, 0.6) is 0 Å². The molecule has 5 heteroatoms. The summed E-state index contributed by atoms with van der Waals surface area (Å²) < 4.78 is 5.32. The molecule has 1 aromatic heterocycles. The molecule has 0 spiro atoms. The van der Waals surface area contributed by atoms with E-state index in [2.05, 4.69) is 31.3 Å². The van der Waals surface area contributed by atoms with E-state index in [0.29, 0.717) is 30.4 Å². The minimum Gasteiger partial charge on any atom is -0.468 e. The van der Waals surface area contributed by atoms with E-state index in [0.717, 1.165) is 17.7 Å². The molecule has 2 atom stereocenters. The first-order valence-electron chi connectivity index (χ1n) is 9.20. The van der Waals surface area contributed by atoms with E-state index in [-0.39, 0.29) is 17.9 Å². The Kier molecular flexibility index (Phi) is 8.95. The Bertz CT molecular complexity index is 629. The second kappa shape index (κ2) is 11.2. The highest BCUT2D eigenvalue weighted by atomic mass is 32.2. The summed E-state index contributed by atoms with van der Waals surface area (Å²) >= 11 is 1.59. The molecule has 2 aromatic rings. The van der Waals surface area contributed by atoms with Crippen molar-refractivity contribution in [3.8, 4) is 0 Å². The first kappa shape index (κ1) is 20.7. The highest BCUT2D eigenvalue weighted by Gasteiger charge is 2.20. The third kappa shape index (κ3) is 7.77. The van der Waals surface area contributed by atoms with Gasteiger partial charge in [-0.1, -0.05) is 44.2 Å². The number of nitrogens with two attached hydrogens (primary N) is 1. The summed E-state index contributed by atoms with van der Waals surface area (Å²) in [5, 5.41) is 3.41. The molecule has 2 unspecified atom stereocenters. The number of Topliss-reactive ketones (excluding diaryl/α,β-unsaturated/α-hetero) is 1. The van der Waals surface area contributed by atoms with Gasteiger partial charge in [0.2, 0.25) is 0 Å². The Morgan fingerprint density at radius 2 is 1.96 bits per heavy atom. The summed E-state index contributed by atoms with van der Waals surface area (Å²) in [7, 11) is 0. The summed E-state index contributed by atoms with van der Waals surface area (Å²) in [6.45, 7) is 4.99. The van der Waals surface area contributed by atoms with E-state index in [9.17, 15) is 4.79 Å². The van der Waals surface area contributed by atoms with Crippen LogP contribution in [0.1, 0.15) is 31.6 Å². The summed E-state index contributed by atoms with van der Waals surface area (Å²) in [6, 6.07) is 13.8. The minimum absolute atomic E-state index is 0.0665. The maximum absolute atomic E-state index is 12.8. The lowest BCUT2D eigenvalue weighted by atomic mass is 10.0. The van der Waals surface area contributed by atoms with Crippen molar-refractivity contribution in [2.24, 2.45) is 11.7 Å². The van der Waals surface area contributed by atoms with Gasteiger partial charge in [0.05, 0.1) is 23.8 Å². The van der Waals surface area contributed by atoms with Crippen LogP contribution in [0.2, 0.25) is 0 Å². The third-order valence-electron chi connectivity index (χ3n) is 4.14. The molecule has 0 aliphatic rings. The van der Waals surface area contributed by atoms with Crippen molar-refractivity contribution < 1.29 is 9.21 Å². The molecule has 0 aliphatic heterocycles. The van der Waals surface area contributed by atoms with Crippen LogP contribution in [0.4, 0.5) is 0 Å². The first-order chi connectivity index (χ1) is 12.5. The van der Waals surface area contributed by atoms with Crippen LogP contribution in [0.3, 0.4) is 0 Å². The first-order valence-corrected chi connectivity index (χ1v) is 10.4. The van der Waals surface area contributed by atoms with Crippen LogP contribution in [0.15, 0.2) is 53.1 Å². The molecule has 26 heavy (non-hydrogen) atoms. The Hall–Kier alpha value is -1.56. The van der Waals surface area contributed by atoms with Gasteiger partial charge in [0, 0.05) is 12.6 Å². The van der Waals surface area contributed by atoms with E-state index in [1.54, 1.807) is 18.0 Å². The Labute approximate surface area is 160 Å². The van der Waals surface area contributed by atoms with Crippen molar-refractivity contribution in [3.63, 3.8) is 0 Å². The van der Waals surface area contributed by atoms with Gasteiger partial charge in [0.25, 0.3) is 0 Å². The fraction of sp³-hybridized carbons (Fsp3) is 0.476. The van der Waals surface area contributed by atoms with Gasteiger partial charge in [-0.3, -0.25) is 4.79 Å². The van der Waals surface area contributed by atoms with Crippen LogP contribution in [0, 0.1) is 5.92 Å². The number of carbonyl (C=O) groups excluding carboxylic acids is 1. The van der Waals surface area contributed by atoms with Crippen LogP contribution in [-0.4, -0.2) is 30.2 Å². The van der Waals surface area contributed by atoms with E-state index < -0.39 is 0 Å². The average molecular weight is 375 g/mol. The predicted molar refractivity (Wildman–Crippen MR) is 109 cm³/mol. The maximum atomic E-state index is 12.8. The van der Waals surface area contributed by atoms with Gasteiger partial charge in [0.15, 0.2) is 5.78 Å². The Balaban J connectivity index is 1.88. The van der Waals surface area contributed by atoms with Crippen molar-refractivity contribution in [2.45, 2.75) is 44.5 Å². The number of hydrogen-bond acceptors (Lipinski definition) is 5. The van der Waals surface area contributed by atoms with Gasteiger partial charge < -0.3 is 15.5 Å². The topological polar surface area (TPSA) is 68.3 Å². The Morgan fingerprint density at radius 1 is 1.19 bits per heavy atom. The third-order valence-corrected chi connectivity index (χ3v) is 5.12. The molecule has 3 N–H and O–H groups in total. The van der Waals surface area contributed by atoms with Crippen LogP contribution >= 0.6 is 11.8 Å². The molecular weight excluding hydrogens is 344 g/mol. The van der Waals surface area contributed by atoms with Crippen molar-refractivity contribution in [1.29, 1.82) is 0 Å². The largest absolute Gasteiger partial charge is 0.468 e. The van der Waals surface area contributed by atoms with Crippen molar-refractivity contribution in [3.05, 3.63) is 60.1 Å². The lowest BCUT2D eigenvalue weighted by Gasteiger charge is -2.21. The number of carbonyl (C=O) groups is 1. The molecule has 0 bridgehead atoms. The molecule has 0 fully saturated rings. The molecule has 4 nitrogen and oxygen atoms in total. The SMILES string of the molecule is CC(C)CC(N)CNC(Cc1ccccc1)C(=O)CSCc1ccco1. The van der Waals surface area contributed by atoms with Gasteiger partial charge >= 0.3 is 0 Å². The molecule has 0 amide bonds. The zero-order chi connectivity index (χ0) is 18.8. The lowest BCUT2D eigenvalue weighted by Crippen LogP contribution is -2.45. The van der Waals surface area contributed by atoms with Gasteiger partial charge in [-0.05, 0) is 36.5 Å². The highest BCUT2D eigenvalue weighted by Crippen LogP contribution is 2.14. The lowest BCUT2D eigenvalue weighted by molar-refractivity contribution is -0.118. The monoisotopic (exact) mass is 374 g/mol. The number of rotatable bonds is 12. The summed E-state index contributed by atoms with van der Waals surface area (Å²) in [5.41, 5.74) is 7.35. The minimum atomic E-state index is -0.209. The van der Waals surface area contributed by atoms with Crippen molar-refractivity contribution >= 4 is 17.5 Å². The maximum Gasteiger partial charge on any atom is 0.159 e. The number of hydrogen-bond donors (Lipinski definition) is 2. The molecule has 1 heterocycles.